The Bertz CT molecular complexity index is 681. The quantitative estimate of drug-likeness (QED) is 0.839. The van der Waals surface area contributed by atoms with Crippen LogP contribution in [0.4, 0.5) is 20.4 Å². The highest BCUT2D eigenvalue weighted by molar-refractivity contribution is 5.49. The van der Waals surface area contributed by atoms with E-state index in [9.17, 15) is 13.9 Å². The van der Waals surface area contributed by atoms with Gasteiger partial charge in [-0.15, -0.1) is 0 Å². The van der Waals surface area contributed by atoms with Gasteiger partial charge < -0.3 is 15.3 Å². The molecule has 0 bridgehead atoms. The summed E-state index contributed by atoms with van der Waals surface area (Å²) in [5.41, 5.74) is 0.930. The lowest BCUT2D eigenvalue weighted by atomic mass is 9.99. The van der Waals surface area contributed by atoms with Crippen molar-refractivity contribution in [1.82, 2.24) is 9.97 Å². The molecule has 134 valence electrons. The van der Waals surface area contributed by atoms with Crippen LogP contribution in [0.15, 0.2) is 36.7 Å². The lowest BCUT2D eigenvalue weighted by molar-refractivity contribution is 0.151. The molecule has 2 aromatic rings. The van der Waals surface area contributed by atoms with Crippen molar-refractivity contribution >= 4 is 11.6 Å². The Morgan fingerprint density at radius 1 is 1.24 bits per heavy atom. The van der Waals surface area contributed by atoms with Gasteiger partial charge in [0, 0.05) is 37.9 Å². The molecule has 1 saturated heterocycles. The zero-order chi connectivity index (χ0) is 17.6. The summed E-state index contributed by atoms with van der Waals surface area (Å²) in [6.07, 6.45) is 1.14. The van der Waals surface area contributed by atoms with Crippen LogP contribution in [0.25, 0.3) is 0 Å². The van der Waals surface area contributed by atoms with Gasteiger partial charge in [-0.05, 0) is 24.3 Å². The van der Waals surface area contributed by atoms with Crippen LogP contribution in [0, 0.1) is 5.92 Å². The van der Waals surface area contributed by atoms with Crippen LogP contribution < -0.4 is 10.2 Å². The van der Waals surface area contributed by atoms with Gasteiger partial charge >= 0.3 is 0 Å². The van der Waals surface area contributed by atoms with Gasteiger partial charge in [-0.3, -0.25) is 0 Å². The molecule has 1 atom stereocenters. The molecule has 3 rings (SSSR count). The second kappa shape index (κ2) is 8.20. The molecule has 0 radical (unpaired) electrons. The van der Waals surface area contributed by atoms with E-state index in [0.29, 0.717) is 12.4 Å². The molecule has 2 N–H and O–H groups in total. The predicted molar refractivity (Wildman–Crippen MR) is 92.8 cm³/mol. The summed E-state index contributed by atoms with van der Waals surface area (Å²) >= 11 is 0. The maximum atomic E-state index is 12.6. The molecule has 5 nitrogen and oxygen atoms in total. The molecule has 0 amide bonds. The highest BCUT2D eigenvalue weighted by Crippen LogP contribution is 2.23. The summed E-state index contributed by atoms with van der Waals surface area (Å²) in [5.74, 6) is 1.81. The zero-order valence-corrected chi connectivity index (χ0v) is 13.9. The van der Waals surface area contributed by atoms with E-state index in [0.717, 1.165) is 37.3 Å². The van der Waals surface area contributed by atoms with Crippen molar-refractivity contribution in [3.63, 3.8) is 0 Å². The largest absolute Gasteiger partial charge is 0.396 e. The first kappa shape index (κ1) is 17.5. The Morgan fingerprint density at radius 3 is 2.76 bits per heavy atom. The lowest BCUT2D eigenvalue weighted by Crippen LogP contribution is -2.37. The fraction of sp³-hybridized carbons (Fsp3) is 0.444. The summed E-state index contributed by atoms with van der Waals surface area (Å²) in [4.78, 5) is 10.7. The summed E-state index contributed by atoms with van der Waals surface area (Å²) in [5, 5.41) is 12.6. The minimum absolute atomic E-state index is 0.0246. The number of rotatable bonds is 6. The van der Waals surface area contributed by atoms with Gasteiger partial charge in [-0.2, -0.15) is 0 Å². The van der Waals surface area contributed by atoms with Crippen molar-refractivity contribution in [2.24, 2.45) is 5.92 Å². The average molecular weight is 348 g/mol. The SMILES string of the molecule is OCC1CCCN(c2cc(NCc3ccc(C(F)F)cc3)ncn2)C1. The molecule has 0 saturated carbocycles. The fourth-order valence-corrected chi connectivity index (χ4v) is 3.01. The molecule has 1 aliphatic heterocycles. The Balaban J connectivity index is 1.61. The van der Waals surface area contributed by atoms with Crippen LogP contribution in [-0.4, -0.2) is 34.8 Å². The van der Waals surface area contributed by atoms with E-state index in [-0.39, 0.29) is 18.1 Å². The van der Waals surface area contributed by atoms with E-state index in [1.165, 1.54) is 18.5 Å². The monoisotopic (exact) mass is 348 g/mol. The first-order chi connectivity index (χ1) is 12.2. The average Bonchev–Trinajstić information content (AvgIpc) is 2.67. The number of aromatic nitrogens is 2. The van der Waals surface area contributed by atoms with Crippen molar-refractivity contribution in [1.29, 1.82) is 0 Å². The third-order valence-electron chi connectivity index (χ3n) is 4.46. The van der Waals surface area contributed by atoms with Crippen molar-refractivity contribution < 1.29 is 13.9 Å². The first-order valence-corrected chi connectivity index (χ1v) is 8.44. The number of nitrogens with one attached hydrogen (secondary N) is 1. The molecule has 7 heteroatoms. The molecule has 1 unspecified atom stereocenters. The van der Waals surface area contributed by atoms with Gasteiger partial charge in [0.1, 0.15) is 18.0 Å². The molecule has 1 fully saturated rings. The van der Waals surface area contributed by atoms with Crippen molar-refractivity contribution in [3.8, 4) is 0 Å². The van der Waals surface area contributed by atoms with E-state index >= 15 is 0 Å². The minimum atomic E-state index is -2.45. The second-order valence-electron chi connectivity index (χ2n) is 6.29. The number of anilines is 2. The standard InChI is InChI=1S/C18H22F2N4O/c19-18(20)15-5-3-13(4-6-15)9-21-16-8-17(23-12-22-16)24-7-1-2-14(10-24)11-25/h3-6,8,12,14,18,25H,1-2,7,9-11H2,(H,21,22,23). The van der Waals surface area contributed by atoms with Crippen LogP contribution in [0.3, 0.4) is 0 Å². The van der Waals surface area contributed by atoms with Gasteiger partial charge in [0.2, 0.25) is 0 Å². The topological polar surface area (TPSA) is 61.3 Å². The Labute approximate surface area is 145 Å². The van der Waals surface area contributed by atoms with Gasteiger partial charge in [0.25, 0.3) is 6.43 Å². The van der Waals surface area contributed by atoms with E-state index in [1.807, 2.05) is 6.07 Å². The summed E-state index contributed by atoms with van der Waals surface area (Å²) in [6.45, 7) is 2.41. The molecule has 0 spiro atoms. The third kappa shape index (κ3) is 4.63. The molecule has 2 heterocycles. The Kier molecular flexibility index (Phi) is 5.75. The van der Waals surface area contributed by atoms with Gasteiger partial charge in [0.05, 0.1) is 0 Å². The summed E-state index contributed by atoms with van der Waals surface area (Å²) in [7, 11) is 0. The highest BCUT2D eigenvalue weighted by atomic mass is 19.3. The van der Waals surface area contributed by atoms with Gasteiger partial charge in [-0.25, -0.2) is 18.7 Å². The number of hydrogen-bond acceptors (Lipinski definition) is 5. The molecule has 1 aromatic carbocycles. The first-order valence-electron chi connectivity index (χ1n) is 8.44. The highest BCUT2D eigenvalue weighted by Gasteiger charge is 2.20. The van der Waals surface area contributed by atoms with E-state index < -0.39 is 6.43 Å². The van der Waals surface area contributed by atoms with Crippen molar-refractivity contribution in [2.75, 3.05) is 29.9 Å². The van der Waals surface area contributed by atoms with E-state index in [1.54, 1.807) is 12.1 Å². The summed E-state index contributed by atoms with van der Waals surface area (Å²) < 4.78 is 25.1. The molecule has 25 heavy (non-hydrogen) atoms. The van der Waals surface area contributed by atoms with Crippen LogP contribution in [0.2, 0.25) is 0 Å². The smallest absolute Gasteiger partial charge is 0.263 e. The number of nitrogens with zero attached hydrogens (tertiary/aromatic N) is 3. The molecular weight excluding hydrogens is 326 g/mol. The number of aliphatic hydroxyl groups is 1. The molecule has 1 aliphatic rings. The normalized spacial score (nSPS) is 17.8. The van der Waals surface area contributed by atoms with E-state index in [2.05, 4.69) is 20.2 Å². The van der Waals surface area contributed by atoms with Crippen LogP contribution >= 0.6 is 0 Å². The van der Waals surface area contributed by atoms with Gasteiger partial charge in [0.15, 0.2) is 0 Å². The van der Waals surface area contributed by atoms with E-state index in [4.69, 9.17) is 0 Å². The Morgan fingerprint density at radius 2 is 2.04 bits per heavy atom. The molecular formula is C18H22F2N4O. The maximum Gasteiger partial charge on any atom is 0.263 e. The van der Waals surface area contributed by atoms with Crippen molar-refractivity contribution in [2.45, 2.75) is 25.8 Å². The third-order valence-corrected chi connectivity index (χ3v) is 4.46. The van der Waals surface area contributed by atoms with Gasteiger partial charge in [-0.1, -0.05) is 24.3 Å². The Hall–Kier alpha value is -2.28. The lowest BCUT2D eigenvalue weighted by Gasteiger charge is -2.32. The fourth-order valence-electron chi connectivity index (χ4n) is 3.01. The van der Waals surface area contributed by atoms with Crippen LogP contribution in [0.5, 0.6) is 0 Å². The number of hydrogen-bond donors (Lipinski definition) is 2. The molecule has 0 aliphatic carbocycles. The number of halogens is 2. The second-order valence-corrected chi connectivity index (χ2v) is 6.29. The maximum absolute atomic E-state index is 12.6. The summed E-state index contributed by atoms with van der Waals surface area (Å²) in [6, 6.07) is 8.14. The number of piperidine rings is 1. The minimum Gasteiger partial charge on any atom is -0.396 e. The number of alkyl halides is 2. The number of aliphatic hydroxyl groups excluding tert-OH is 1. The zero-order valence-electron chi connectivity index (χ0n) is 13.9. The van der Waals surface area contributed by atoms with Crippen LogP contribution in [-0.2, 0) is 6.54 Å². The molecule has 1 aromatic heterocycles. The number of benzene rings is 1. The van der Waals surface area contributed by atoms with Crippen molar-refractivity contribution in [3.05, 3.63) is 47.8 Å². The van der Waals surface area contributed by atoms with Crippen LogP contribution in [0.1, 0.15) is 30.4 Å². The predicted octanol–water partition coefficient (Wildman–Crippen LogP) is 3.24.